The average molecular weight is 568 g/mol. The van der Waals surface area contributed by atoms with Gasteiger partial charge in [0, 0.05) is 17.8 Å². The van der Waals surface area contributed by atoms with E-state index in [1.807, 2.05) is 45.9 Å². The van der Waals surface area contributed by atoms with Crippen LogP contribution in [0.5, 0.6) is 5.75 Å². The number of rotatable bonds is 12. The third kappa shape index (κ3) is 9.80. The number of nitrogens with zero attached hydrogens (tertiary/aromatic N) is 1. The number of ether oxygens (including phenoxy) is 1. The number of aryl methyl sites for hydroxylation is 3. The highest BCUT2D eigenvalue weighted by Crippen LogP contribution is 2.34. The van der Waals surface area contributed by atoms with Crippen molar-refractivity contribution in [2.45, 2.75) is 106 Å². The Kier molecular flexibility index (Phi) is 12.2. The van der Waals surface area contributed by atoms with Crippen LogP contribution in [-0.4, -0.2) is 46.1 Å². The first kappa shape index (κ1) is 33.7. The summed E-state index contributed by atoms with van der Waals surface area (Å²) in [4.78, 5) is 42.9. The lowest BCUT2D eigenvalue weighted by Gasteiger charge is -2.35. The second-order valence-corrected chi connectivity index (χ2v) is 12.2. The molecule has 0 aromatic heterocycles. The number of anilines is 1. The Morgan fingerprint density at radius 3 is 2.10 bits per heavy atom. The summed E-state index contributed by atoms with van der Waals surface area (Å²) in [5.41, 5.74) is 2.63. The van der Waals surface area contributed by atoms with E-state index in [9.17, 15) is 19.5 Å². The van der Waals surface area contributed by atoms with Crippen LogP contribution in [0.1, 0.15) is 95.5 Å². The predicted octanol–water partition coefficient (Wildman–Crippen LogP) is 6.96. The van der Waals surface area contributed by atoms with Crippen molar-refractivity contribution in [3.63, 3.8) is 0 Å². The van der Waals surface area contributed by atoms with Crippen LogP contribution in [0.3, 0.4) is 0 Å². The molecule has 0 bridgehead atoms. The predicted molar refractivity (Wildman–Crippen MR) is 164 cm³/mol. The summed E-state index contributed by atoms with van der Waals surface area (Å²) in [5, 5.41) is 17.0. The van der Waals surface area contributed by atoms with Gasteiger partial charge in [-0.3, -0.25) is 9.59 Å². The molecule has 0 aliphatic rings. The van der Waals surface area contributed by atoms with Gasteiger partial charge in [0.05, 0.1) is 0 Å². The molecular weight excluding hydrogens is 518 g/mol. The molecule has 0 heterocycles. The van der Waals surface area contributed by atoms with Gasteiger partial charge in [0.1, 0.15) is 23.4 Å². The summed E-state index contributed by atoms with van der Waals surface area (Å²) in [6, 6.07) is 8.89. The van der Waals surface area contributed by atoms with E-state index in [2.05, 4.69) is 17.6 Å². The first-order chi connectivity index (χ1) is 19.2. The number of unbranched alkanes of at least 4 members (excludes halogenated alkanes) is 2. The molecule has 8 heteroatoms. The van der Waals surface area contributed by atoms with Crippen molar-refractivity contribution in [2.75, 3.05) is 11.9 Å². The highest BCUT2D eigenvalue weighted by molar-refractivity contribution is 6.00. The fraction of sp³-hybridized carbons (Fsp3) is 0.545. The minimum Gasteiger partial charge on any atom is -0.507 e. The largest absolute Gasteiger partial charge is 0.507 e. The van der Waals surface area contributed by atoms with Gasteiger partial charge in [-0.1, -0.05) is 70.0 Å². The maximum Gasteiger partial charge on any atom is 0.408 e. The Bertz CT molecular complexity index is 1180. The van der Waals surface area contributed by atoms with E-state index < -0.39 is 35.6 Å². The normalized spacial score (nSPS) is 12.9. The van der Waals surface area contributed by atoms with Crippen LogP contribution in [-0.2, 0) is 14.3 Å². The van der Waals surface area contributed by atoms with Gasteiger partial charge in [0.15, 0.2) is 0 Å². The molecule has 8 nitrogen and oxygen atoms in total. The molecule has 0 aliphatic carbocycles. The molecular formula is C33H49N3O5. The number of alkyl carbamates (subject to hydrolysis) is 1. The quantitative estimate of drug-likeness (QED) is 0.240. The number of phenols is 1. The van der Waals surface area contributed by atoms with Crippen molar-refractivity contribution in [3.05, 3.63) is 58.7 Å². The number of phenolic OH excluding ortho intramolecular Hbond substituents is 1. The van der Waals surface area contributed by atoms with E-state index in [0.29, 0.717) is 29.7 Å². The van der Waals surface area contributed by atoms with E-state index in [0.717, 1.165) is 24.0 Å². The van der Waals surface area contributed by atoms with Gasteiger partial charge in [-0.2, -0.15) is 0 Å². The third-order valence-corrected chi connectivity index (χ3v) is 6.83. The molecule has 2 atom stereocenters. The van der Waals surface area contributed by atoms with E-state index in [4.69, 9.17) is 4.74 Å². The number of carbonyl (C=O) groups excluding carboxylic acids is 3. The number of benzene rings is 2. The summed E-state index contributed by atoms with van der Waals surface area (Å²) in [6.45, 7) is 17.1. The zero-order valence-corrected chi connectivity index (χ0v) is 26.3. The fourth-order valence-corrected chi connectivity index (χ4v) is 4.80. The molecule has 2 rings (SSSR count). The molecule has 41 heavy (non-hydrogen) atoms. The van der Waals surface area contributed by atoms with Crippen LogP contribution in [0.4, 0.5) is 10.5 Å². The van der Waals surface area contributed by atoms with Gasteiger partial charge < -0.3 is 25.4 Å². The lowest BCUT2D eigenvalue weighted by atomic mass is 9.96. The topological polar surface area (TPSA) is 108 Å². The van der Waals surface area contributed by atoms with Crippen LogP contribution in [0.15, 0.2) is 36.4 Å². The summed E-state index contributed by atoms with van der Waals surface area (Å²) in [7, 11) is 0. The number of nitrogens with one attached hydrogen (secondary N) is 2. The van der Waals surface area contributed by atoms with Gasteiger partial charge in [0.2, 0.25) is 5.91 Å². The second-order valence-electron chi connectivity index (χ2n) is 12.2. The number of hydrogen-bond acceptors (Lipinski definition) is 5. The average Bonchev–Trinajstić information content (AvgIpc) is 2.86. The van der Waals surface area contributed by atoms with E-state index in [1.165, 1.54) is 4.90 Å². The van der Waals surface area contributed by atoms with Crippen molar-refractivity contribution >= 4 is 23.6 Å². The minimum atomic E-state index is -1.13. The molecule has 0 spiro atoms. The molecule has 0 saturated carbocycles. The van der Waals surface area contributed by atoms with Crippen LogP contribution in [0.2, 0.25) is 0 Å². The number of para-hydroxylation sites is 2. The standard InChI is InChI=1S/C33H49N3O5/c1-10-11-12-19-36(31(39)26(20-21(2)3)34-32(40)41-33(7,8)9)28(25-18-14-17-24(6)29(25)37)30(38)35-27-22(4)15-13-16-23(27)5/h13-18,21,26,28,37H,10-12,19-20H2,1-9H3,(H,34,40)(H,35,38). The Labute approximate surface area is 245 Å². The van der Waals surface area contributed by atoms with Crippen LogP contribution in [0, 0.1) is 26.7 Å². The van der Waals surface area contributed by atoms with Crippen molar-refractivity contribution in [2.24, 2.45) is 5.92 Å². The van der Waals surface area contributed by atoms with Crippen molar-refractivity contribution in [1.82, 2.24) is 10.2 Å². The SMILES string of the molecule is CCCCCN(C(=O)C(CC(C)C)NC(=O)OC(C)(C)C)C(C(=O)Nc1c(C)cccc1C)c1cccc(C)c1O. The maximum atomic E-state index is 14.4. The first-order valence-electron chi connectivity index (χ1n) is 14.6. The molecule has 0 saturated heterocycles. The Hall–Kier alpha value is -3.55. The van der Waals surface area contributed by atoms with Gasteiger partial charge in [-0.15, -0.1) is 0 Å². The number of carbonyl (C=O) groups is 3. The van der Waals surface area contributed by atoms with Crippen molar-refractivity contribution in [1.29, 1.82) is 0 Å². The molecule has 0 fully saturated rings. The number of hydrogen-bond donors (Lipinski definition) is 3. The Balaban J connectivity index is 2.64. The minimum absolute atomic E-state index is 0.0389. The van der Waals surface area contributed by atoms with Crippen molar-refractivity contribution in [3.8, 4) is 5.75 Å². The monoisotopic (exact) mass is 567 g/mol. The molecule has 3 amide bonds. The summed E-state index contributed by atoms with van der Waals surface area (Å²) >= 11 is 0. The zero-order valence-electron chi connectivity index (χ0n) is 26.3. The van der Waals surface area contributed by atoms with Crippen molar-refractivity contribution < 1.29 is 24.2 Å². The maximum absolute atomic E-state index is 14.4. The Morgan fingerprint density at radius 1 is 0.951 bits per heavy atom. The summed E-state index contributed by atoms with van der Waals surface area (Å²) in [6.07, 6.45) is 2.09. The van der Waals surface area contributed by atoms with E-state index >= 15 is 0 Å². The molecule has 0 aliphatic heterocycles. The highest BCUT2D eigenvalue weighted by Gasteiger charge is 2.38. The van der Waals surface area contributed by atoms with Gasteiger partial charge in [-0.25, -0.2) is 4.79 Å². The smallest absolute Gasteiger partial charge is 0.408 e. The van der Waals surface area contributed by atoms with Crippen LogP contribution >= 0.6 is 0 Å². The zero-order chi connectivity index (χ0) is 30.9. The lowest BCUT2D eigenvalue weighted by Crippen LogP contribution is -2.53. The summed E-state index contributed by atoms with van der Waals surface area (Å²) in [5.74, 6) is -0.800. The molecule has 2 aromatic rings. The summed E-state index contributed by atoms with van der Waals surface area (Å²) < 4.78 is 5.47. The number of aromatic hydroxyl groups is 1. The van der Waals surface area contributed by atoms with Crippen LogP contribution in [0.25, 0.3) is 0 Å². The first-order valence-corrected chi connectivity index (χ1v) is 14.6. The molecule has 2 unspecified atom stereocenters. The fourth-order valence-electron chi connectivity index (χ4n) is 4.80. The van der Waals surface area contributed by atoms with Crippen LogP contribution < -0.4 is 10.6 Å². The highest BCUT2D eigenvalue weighted by atomic mass is 16.6. The van der Waals surface area contributed by atoms with E-state index in [-0.39, 0.29) is 18.2 Å². The molecule has 226 valence electrons. The van der Waals surface area contributed by atoms with E-state index in [1.54, 1.807) is 45.9 Å². The van der Waals surface area contributed by atoms with Gasteiger partial charge in [-0.05, 0) is 77.0 Å². The third-order valence-electron chi connectivity index (χ3n) is 6.83. The number of amides is 3. The van der Waals surface area contributed by atoms with Gasteiger partial charge >= 0.3 is 6.09 Å². The second kappa shape index (κ2) is 14.9. The lowest BCUT2D eigenvalue weighted by molar-refractivity contribution is -0.141. The molecule has 2 aromatic carbocycles. The molecule has 3 N–H and O–H groups in total. The Morgan fingerprint density at radius 2 is 1.54 bits per heavy atom. The van der Waals surface area contributed by atoms with Gasteiger partial charge in [0.25, 0.3) is 5.91 Å². The molecule has 0 radical (unpaired) electrons.